The van der Waals surface area contributed by atoms with Gasteiger partial charge >= 0.3 is 0 Å². The summed E-state index contributed by atoms with van der Waals surface area (Å²) in [5.41, 5.74) is -0.865. The third-order valence-electron chi connectivity index (χ3n) is 7.14. The van der Waals surface area contributed by atoms with Gasteiger partial charge in [-0.15, -0.1) is 0 Å². The molecule has 8 N–H and O–H groups in total. The largest absolute Gasteiger partial charge is 0.508 e. The fraction of sp³-hybridized carbons (Fsp3) is 0.444. The predicted molar refractivity (Wildman–Crippen MR) is 137 cm³/mol. The monoisotopic (exact) mass is 578 g/mol. The molecule has 10 atom stereocenters. The molecule has 0 radical (unpaired) electrons. The number of benzene rings is 2. The van der Waals surface area contributed by atoms with E-state index in [1.165, 1.54) is 44.2 Å². The summed E-state index contributed by atoms with van der Waals surface area (Å²) >= 11 is 0. The van der Waals surface area contributed by atoms with Gasteiger partial charge in [0.1, 0.15) is 64.8 Å². The van der Waals surface area contributed by atoms with Crippen molar-refractivity contribution in [3.63, 3.8) is 0 Å². The molecule has 41 heavy (non-hydrogen) atoms. The zero-order chi connectivity index (χ0) is 29.7. The Morgan fingerprint density at radius 3 is 1.80 bits per heavy atom. The number of ether oxygens (including phenoxy) is 4. The van der Waals surface area contributed by atoms with E-state index in [-0.39, 0.29) is 33.8 Å². The third-order valence-corrected chi connectivity index (χ3v) is 7.14. The third kappa shape index (κ3) is 5.31. The van der Waals surface area contributed by atoms with Crippen molar-refractivity contribution >= 4 is 11.0 Å². The Morgan fingerprint density at radius 2 is 1.24 bits per heavy atom. The smallest absolute Gasteiger partial charge is 0.239 e. The van der Waals surface area contributed by atoms with Crippen molar-refractivity contribution in [2.24, 2.45) is 0 Å². The van der Waals surface area contributed by atoms with Gasteiger partial charge in [0.2, 0.25) is 23.8 Å². The molecule has 2 aromatic carbocycles. The Hall–Kier alpha value is -3.47. The maximum Gasteiger partial charge on any atom is 0.239 e. The van der Waals surface area contributed by atoms with Crippen LogP contribution < -0.4 is 14.9 Å². The van der Waals surface area contributed by atoms with Crippen LogP contribution in [-0.2, 0) is 9.47 Å². The van der Waals surface area contributed by atoms with Gasteiger partial charge in [-0.1, -0.05) is 0 Å². The highest BCUT2D eigenvalue weighted by Crippen LogP contribution is 2.38. The second-order valence-electron chi connectivity index (χ2n) is 10.1. The fourth-order valence-corrected chi connectivity index (χ4v) is 4.71. The summed E-state index contributed by atoms with van der Waals surface area (Å²) in [5.74, 6) is -1.55. The van der Waals surface area contributed by atoms with Crippen LogP contribution in [0.1, 0.15) is 13.8 Å². The van der Waals surface area contributed by atoms with E-state index in [1.807, 2.05) is 0 Å². The van der Waals surface area contributed by atoms with Gasteiger partial charge in [-0.05, 0) is 38.1 Å². The van der Waals surface area contributed by atoms with Crippen LogP contribution in [0.2, 0.25) is 0 Å². The maximum absolute atomic E-state index is 13.7. The molecule has 2 saturated heterocycles. The molecule has 3 heterocycles. The first kappa shape index (κ1) is 29.0. The highest BCUT2D eigenvalue weighted by Gasteiger charge is 2.45. The number of aliphatic hydroxyl groups excluding tert-OH is 6. The zero-order valence-corrected chi connectivity index (χ0v) is 21.8. The average Bonchev–Trinajstić information content (AvgIpc) is 2.93. The number of phenols is 2. The second kappa shape index (κ2) is 11.1. The first-order valence-electron chi connectivity index (χ1n) is 12.7. The van der Waals surface area contributed by atoms with Crippen LogP contribution in [0.5, 0.6) is 23.0 Å². The molecular weight excluding hydrogens is 548 g/mol. The van der Waals surface area contributed by atoms with Crippen molar-refractivity contribution < 1.29 is 64.2 Å². The quantitative estimate of drug-likeness (QED) is 0.187. The van der Waals surface area contributed by atoms with E-state index in [4.69, 9.17) is 23.4 Å². The summed E-state index contributed by atoms with van der Waals surface area (Å²) in [4.78, 5) is 13.7. The molecule has 14 heteroatoms. The molecule has 0 spiro atoms. The Bertz CT molecular complexity index is 1460. The molecule has 0 saturated carbocycles. The van der Waals surface area contributed by atoms with Gasteiger partial charge in [-0.2, -0.15) is 0 Å². The lowest BCUT2D eigenvalue weighted by molar-refractivity contribution is -0.268. The topological polar surface area (TPSA) is 229 Å². The van der Waals surface area contributed by atoms with Gasteiger partial charge < -0.3 is 64.2 Å². The molecule has 222 valence electrons. The Morgan fingerprint density at radius 1 is 0.707 bits per heavy atom. The minimum absolute atomic E-state index is 0.0859. The molecule has 0 bridgehead atoms. The van der Waals surface area contributed by atoms with Crippen molar-refractivity contribution in [3.05, 3.63) is 46.6 Å². The molecule has 2 aliphatic rings. The standard InChI is InChI=1S/C27H30O14/c1-9-17(30)20(33)22(35)26(37-9)39-13-7-14(29)16-15(8-13)40-24(11-3-5-12(28)6-4-11)25(19(16)32)41-27-23(36)21(34)18(31)10(2)38-27/h3-10,17-18,20-23,26-31,33-36H,1-2H3/t9-,10-,17-,18-,20+,21+,22-,23-,26-,27-/m0/s1. The van der Waals surface area contributed by atoms with Crippen LogP contribution in [0.4, 0.5) is 0 Å². The maximum atomic E-state index is 13.7. The molecule has 0 aliphatic carbocycles. The predicted octanol–water partition coefficient (Wildman–Crippen LogP) is -0.716. The number of phenolic OH excluding ortho intramolecular Hbond substituents is 2. The minimum atomic E-state index is -1.76. The van der Waals surface area contributed by atoms with Gasteiger partial charge in [-0.25, -0.2) is 0 Å². The second-order valence-corrected chi connectivity index (χ2v) is 10.1. The Labute approximate surface area is 231 Å². The number of rotatable bonds is 5. The number of aliphatic hydroxyl groups is 6. The molecule has 2 aliphatic heterocycles. The number of hydrogen-bond donors (Lipinski definition) is 8. The van der Waals surface area contributed by atoms with E-state index in [2.05, 4.69) is 0 Å². The highest BCUT2D eigenvalue weighted by atomic mass is 16.7. The summed E-state index contributed by atoms with van der Waals surface area (Å²) in [6.45, 7) is 2.90. The summed E-state index contributed by atoms with van der Waals surface area (Å²) in [6, 6.07) is 7.71. The molecule has 5 rings (SSSR count). The van der Waals surface area contributed by atoms with Crippen molar-refractivity contribution in [2.45, 2.75) is 75.3 Å². The van der Waals surface area contributed by atoms with Gasteiger partial charge in [0.15, 0.2) is 5.76 Å². The van der Waals surface area contributed by atoms with Crippen LogP contribution >= 0.6 is 0 Å². The summed E-state index contributed by atoms with van der Waals surface area (Å²) < 4.78 is 28.2. The number of hydrogen-bond acceptors (Lipinski definition) is 14. The summed E-state index contributed by atoms with van der Waals surface area (Å²) in [6.07, 6.45) is -14.3. The summed E-state index contributed by atoms with van der Waals surface area (Å²) in [5, 5.41) is 81.1. The zero-order valence-electron chi connectivity index (χ0n) is 21.8. The first-order chi connectivity index (χ1) is 19.4. The average molecular weight is 579 g/mol. The van der Waals surface area contributed by atoms with Crippen molar-refractivity contribution in [2.75, 3.05) is 0 Å². The van der Waals surface area contributed by atoms with E-state index >= 15 is 0 Å². The molecule has 1 aromatic heterocycles. The lowest BCUT2D eigenvalue weighted by Crippen LogP contribution is -2.58. The Kier molecular flexibility index (Phi) is 7.84. The first-order valence-corrected chi connectivity index (χ1v) is 12.7. The lowest BCUT2D eigenvalue weighted by Gasteiger charge is -2.39. The van der Waals surface area contributed by atoms with Crippen molar-refractivity contribution in [1.29, 1.82) is 0 Å². The van der Waals surface area contributed by atoms with Crippen LogP contribution in [0.15, 0.2) is 45.6 Å². The van der Waals surface area contributed by atoms with E-state index in [0.717, 1.165) is 6.07 Å². The van der Waals surface area contributed by atoms with Crippen molar-refractivity contribution in [1.82, 2.24) is 0 Å². The molecular formula is C27H30O14. The van der Waals surface area contributed by atoms with E-state index in [1.54, 1.807) is 0 Å². The van der Waals surface area contributed by atoms with Crippen LogP contribution in [-0.4, -0.2) is 102 Å². The molecule has 14 nitrogen and oxygen atoms in total. The van der Waals surface area contributed by atoms with Gasteiger partial charge in [0, 0.05) is 17.7 Å². The van der Waals surface area contributed by atoms with E-state index < -0.39 is 78.3 Å². The van der Waals surface area contributed by atoms with Gasteiger partial charge in [0.25, 0.3) is 0 Å². The van der Waals surface area contributed by atoms with Gasteiger partial charge in [0.05, 0.1) is 12.2 Å². The highest BCUT2D eigenvalue weighted by molar-refractivity contribution is 5.88. The number of aromatic hydroxyl groups is 2. The van der Waals surface area contributed by atoms with E-state index in [9.17, 15) is 45.6 Å². The normalized spacial score (nSPS) is 34.0. The minimum Gasteiger partial charge on any atom is -0.508 e. The SMILES string of the molecule is C[C@@H]1O[C@@H](Oc2cc(O)c3c(=O)c(O[C@@H]4O[C@@H](C)[C@H](O)[C@@H](O)[C@@H]4O)c(-c4ccc(O)cc4)oc3c2)[C@@H](O)[C@H](O)[C@H]1O. The van der Waals surface area contributed by atoms with Crippen LogP contribution in [0.25, 0.3) is 22.3 Å². The lowest BCUT2D eigenvalue weighted by atomic mass is 10.00. The molecule has 2 fully saturated rings. The summed E-state index contributed by atoms with van der Waals surface area (Å²) in [7, 11) is 0. The van der Waals surface area contributed by atoms with Crippen LogP contribution in [0.3, 0.4) is 0 Å². The van der Waals surface area contributed by atoms with Gasteiger partial charge in [-0.3, -0.25) is 4.79 Å². The van der Waals surface area contributed by atoms with Crippen molar-refractivity contribution in [3.8, 4) is 34.3 Å². The fourth-order valence-electron chi connectivity index (χ4n) is 4.71. The molecule has 0 unspecified atom stereocenters. The molecule has 0 amide bonds. The Balaban J connectivity index is 1.58. The number of fused-ring (bicyclic) bond motifs is 1. The van der Waals surface area contributed by atoms with Crippen LogP contribution in [0, 0.1) is 0 Å². The van der Waals surface area contributed by atoms with E-state index in [0.29, 0.717) is 0 Å². The molecule has 3 aromatic rings.